The molecule has 0 heterocycles. The molecule has 4 nitrogen and oxygen atoms in total. The van der Waals surface area contributed by atoms with Crippen LogP contribution in [0, 0.1) is 5.82 Å². The molecule has 0 radical (unpaired) electrons. The summed E-state index contributed by atoms with van der Waals surface area (Å²) in [6, 6.07) is 11.3. The molecule has 0 bridgehead atoms. The van der Waals surface area contributed by atoms with Gasteiger partial charge in [0.05, 0.1) is 17.0 Å². The highest BCUT2D eigenvalue weighted by Crippen LogP contribution is 2.40. The van der Waals surface area contributed by atoms with E-state index in [4.69, 9.17) is 11.6 Å². The van der Waals surface area contributed by atoms with Crippen LogP contribution in [0.4, 0.5) is 4.39 Å². The van der Waals surface area contributed by atoms with Crippen molar-refractivity contribution in [3.05, 3.63) is 64.4 Å². The molecule has 26 heavy (non-hydrogen) atoms. The molecule has 1 aliphatic rings. The van der Waals surface area contributed by atoms with E-state index in [0.717, 1.165) is 47.9 Å². The zero-order valence-electron chi connectivity index (χ0n) is 14.1. The van der Waals surface area contributed by atoms with Gasteiger partial charge in [0, 0.05) is 0 Å². The number of benzene rings is 2. The van der Waals surface area contributed by atoms with Crippen LogP contribution in [-0.2, 0) is 14.8 Å². The Balaban J connectivity index is 1.97. The van der Waals surface area contributed by atoms with Gasteiger partial charge >= 0.3 is 0 Å². The van der Waals surface area contributed by atoms with E-state index in [-0.39, 0.29) is 9.92 Å². The SMILES string of the molecule is CO/C=N/S(=O)(=O)c1ccc(C2=C(c3ccc(F)c(Cl)c3)CCC2)cc1. The largest absolute Gasteiger partial charge is 0.486 e. The second-order valence-corrected chi connectivity index (χ2v) is 7.93. The summed E-state index contributed by atoms with van der Waals surface area (Å²) in [4.78, 5) is 0.0968. The lowest BCUT2D eigenvalue weighted by Gasteiger charge is -2.10. The number of hydrogen-bond donors (Lipinski definition) is 0. The van der Waals surface area contributed by atoms with E-state index in [9.17, 15) is 12.8 Å². The smallest absolute Gasteiger partial charge is 0.285 e. The van der Waals surface area contributed by atoms with Crippen LogP contribution in [0.5, 0.6) is 0 Å². The summed E-state index contributed by atoms with van der Waals surface area (Å²) in [5.41, 5.74) is 4.06. The first kappa shape index (κ1) is 18.6. The molecular weight excluding hydrogens is 377 g/mol. The predicted octanol–water partition coefficient (Wildman–Crippen LogP) is 4.94. The Kier molecular flexibility index (Phi) is 5.44. The minimum Gasteiger partial charge on any atom is -0.486 e. The summed E-state index contributed by atoms with van der Waals surface area (Å²) in [5.74, 6) is -0.443. The number of hydrogen-bond acceptors (Lipinski definition) is 3. The Morgan fingerprint density at radius 3 is 2.31 bits per heavy atom. The van der Waals surface area contributed by atoms with E-state index >= 15 is 0 Å². The van der Waals surface area contributed by atoms with Crippen molar-refractivity contribution in [3.63, 3.8) is 0 Å². The maximum atomic E-state index is 13.4. The minimum absolute atomic E-state index is 0.0960. The lowest BCUT2D eigenvalue weighted by atomic mass is 9.97. The number of ether oxygens (including phenoxy) is 1. The summed E-state index contributed by atoms with van der Waals surface area (Å²) in [6.45, 7) is 0. The number of rotatable bonds is 5. The third-order valence-corrected chi connectivity index (χ3v) is 5.79. The van der Waals surface area contributed by atoms with Gasteiger partial charge < -0.3 is 4.74 Å². The van der Waals surface area contributed by atoms with Gasteiger partial charge in [0.15, 0.2) is 6.40 Å². The normalized spacial score (nSPS) is 15.0. The summed E-state index contributed by atoms with van der Waals surface area (Å²) in [5, 5.41) is 0.0960. The van der Waals surface area contributed by atoms with Crippen LogP contribution in [0.2, 0.25) is 5.02 Å². The number of allylic oxidation sites excluding steroid dienone is 2. The van der Waals surface area contributed by atoms with Gasteiger partial charge in [0.1, 0.15) is 5.82 Å². The van der Waals surface area contributed by atoms with E-state index in [1.54, 1.807) is 24.3 Å². The molecule has 0 spiro atoms. The van der Waals surface area contributed by atoms with Crippen molar-refractivity contribution in [1.29, 1.82) is 0 Å². The van der Waals surface area contributed by atoms with Crippen molar-refractivity contribution in [3.8, 4) is 0 Å². The molecule has 0 aromatic heterocycles. The molecule has 0 saturated heterocycles. The van der Waals surface area contributed by atoms with E-state index in [1.165, 1.54) is 25.3 Å². The van der Waals surface area contributed by atoms with Gasteiger partial charge in [-0.25, -0.2) is 4.39 Å². The maximum Gasteiger partial charge on any atom is 0.285 e. The lowest BCUT2D eigenvalue weighted by Crippen LogP contribution is -1.98. The van der Waals surface area contributed by atoms with Crippen molar-refractivity contribution < 1.29 is 17.5 Å². The first-order chi connectivity index (χ1) is 12.4. The van der Waals surface area contributed by atoms with Crippen molar-refractivity contribution in [2.75, 3.05) is 7.11 Å². The number of sulfonamides is 1. The van der Waals surface area contributed by atoms with Gasteiger partial charge in [0.25, 0.3) is 10.0 Å². The Hall–Kier alpha value is -2.18. The molecule has 0 aliphatic heterocycles. The second-order valence-electron chi connectivity index (χ2n) is 5.89. The fraction of sp³-hybridized carbons (Fsp3) is 0.211. The van der Waals surface area contributed by atoms with Crippen molar-refractivity contribution >= 4 is 39.2 Å². The van der Waals surface area contributed by atoms with Crippen LogP contribution in [0.3, 0.4) is 0 Å². The Bertz CT molecular complexity index is 982. The molecule has 3 rings (SSSR count). The van der Waals surface area contributed by atoms with Gasteiger partial charge in [-0.3, -0.25) is 0 Å². The van der Waals surface area contributed by atoms with Gasteiger partial charge in [-0.15, -0.1) is 4.40 Å². The van der Waals surface area contributed by atoms with E-state index in [1.807, 2.05) is 0 Å². The molecule has 2 aromatic carbocycles. The zero-order chi connectivity index (χ0) is 18.7. The summed E-state index contributed by atoms with van der Waals surface area (Å²) in [7, 11) is -2.44. The average molecular weight is 394 g/mol. The third kappa shape index (κ3) is 3.81. The highest BCUT2D eigenvalue weighted by molar-refractivity contribution is 7.90. The lowest BCUT2D eigenvalue weighted by molar-refractivity contribution is 0.423. The van der Waals surface area contributed by atoms with Gasteiger partial charge in [-0.05, 0) is 65.8 Å². The topological polar surface area (TPSA) is 55.7 Å². The quantitative estimate of drug-likeness (QED) is 0.534. The Labute approximate surface area is 157 Å². The average Bonchev–Trinajstić information content (AvgIpc) is 3.12. The Morgan fingerprint density at radius 2 is 1.69 bits per heavy atom. The molecule has 136 valence electrons. The van der Waals surface area contributed by atoms with Crippen LogP contribution in [0.15, 0.2) is 51.8 Å². The molecule has 0 fully saturated rings. The number of methoxy groups -OCH3 is 1. The number of halogens is 2. The molecule has 1 aliphatic carbocycles. The molecule has 0 saturated carbocycles. The van der Waals surface area contributed by atoms with E-state index in [0.29, 0.717) is 0 Å². The molecular formula is C19H17ClFNO3S. The molecule has 2 aromatic rings. The van der Waals surface area contributed by atoms with Gasteiger partial charge in [-0.1, -0.05) is 29.8 Å². The van der Waals surface area contributed by atoms with Crippen molar-refractivity contribution in [1.82, 2.24) is 0 Å². The van der Waals surface area contributed by atoms with E-state index in [2.05, 4.69) is 9.13 Å². The van der Waals surface area contributed by atoms with E-state index < -0.39 is 15.8 Å². The van der Waals surface area contributed by atoms with Crippen molar-refractivity contribution in [2.45, 2.75) is 24.2 Å². The fourth-order valence-corrected chi connectivity index (χ4v) is 4.03. The highest BCUT2D eigenvalue weighted by Gasteiger charge is 2.19. The van der Waals surface area contributed by atoms with Crippen LogP contribution >= 0.6 is 11.6 Å². The highest BCUT2D eigenvalue weighted by atomic mass is 35.5. The summed E-state index contributed by atoms with van der Waals surface area (Å²) >= 11 is 5.91. The maximum absolute atomic E-state index is 13.4. The van der Waals surface area contributed by atoms with Gasteiger partial charge in [0.2, 0.25) is 0 Å². The number of nitrogens with zero attached hydrogens (tertiary/aromatic N) is 1. The van der Waals surface area contributed by atoms with Crippen LogP contribution < -0.4 is 0 Å². The van der Waals surface area contributed by atoms with Crippen LogP contribution in [-0.4, -0.2) is 21.9 Å². The fourth-order valence-electron chi connectivity index (χ4n) is 3.05. The summed E-state index contributed by atoms with van der Waals surface area (Å²) < 4.78 is 45.5. The van der Waals surface area contributed by atoms with Crippen molar-refractivity contribution in [2.24, 2.45) is 4.40 Å². The van der Waals surface area contributed by atoms with Crippen LogP contribution in [0.25, 0.3) is 11.1 Å². The first-order valence-corrected chi connectivity index (χ1v) is 9.83. The Morgan fingerprint density at radius 1 is 1.08 bits per heavy atom. The molecule has 0 unspecified atom stereocenters. The molecule has 0 amide bonds. The molecule has 7 heteroatoms. The van der Waals surface area contributed by atoms with Gasteiger partial charge in [-0.2, -0.15) is 8.42 Å². The molecule has 0 atom stereocenters. The first-order valence-electron chi connectivity index (χ1n) is 8.02. The monoisotopic (exact) mass is 393 g/mol. The third-order valence-electron chi connectivity index (χ3n) is 4.27. The minimum atomic E-state index is -3.77. The second kappa shape index (κ2) is 7.60. The standard InChI is InChI=1S/C19H17ClFNO3S/c1-25-12-22-26(23,24)15-8-5-13(6-9-15)16-3-2-4-17(16)14-7-10-19(21)18(20)11-14/h5-12H,2-4H2,1H3/b22-12+. The molecule has 0 N–H and O–H groups in total. The predicted molar refractivity (Wildman–Crippen MR) is 101 cm³/mol. The summed E-state index contributed by atoms with van der Waals surface area (Å²) in [6.07, 6.45) is 3.62. The zero-order valence-corrected chi connectivity index (χ0v) is 15.6. The van der Waals surface area contributed by atoms with Crippen LogP contribution in [0.1, 0.15) is 30.4 Å².